The SMILES string of the molecule is CC(C)(O)Cn1ccc(NC(=O)[C@@]2(N3CC(Oc4ccccc4C(F)(F)F)=CC3=O)CC2C2CCCCC2)n1. The van der Waals surface area contributed by atoms with Gasteiger partial charge in [-0.1, -0.05) is 44.2 Å². The van der Waals surface area contributed by atoms with Crippen molar-refractivity contribution in [3.63, 3.8) is 0 Å². The van der Waals surface area contributed by atoms with Crippen LogP contribution in [0, 0.1) is 11.8 Å². The number of aliphatic hydroxyl groups is 1. The van der Waals surface area contributed by atoms with Crippen molar-refractivity contribution in [2.45, 2.75) is 76.2 Å². The van der Waals surface area contributed by atoms with Crippen LogP contribution in [0.3, 0.4) is 0 Å². The van der Waals surface area contributed by atoms with Gasteiger partial charge in [0.05, 0.1) is 24.3 Å². The minimum atomic E-state index is -4.61. The fourth-order valence-corrected chi connectivity index (χ4v) is 6.03. The summed E-state index contributed by atoms with van der Waals surface area (Å²) in [6, 6.07) is 6.48. The van der Waals surface area contributed by atoms with Crippen LogP contribution >= 0.6 is 0 Å². The van der Waals surface area contributed by atoms with Gasteiger partial charge in [0.15, 0.2) is 5.82 Å². The van der Waals surface area contributed by atoms with Crippen molar-refractivity contribution in [1.29, 1.82) is 0 Å². The Labute approximate surface area is 224 Å². The van der Waals surface area contributed by atoms with Crippen LogP contribution in [0.25, 0.3) is 0 Å². The van der Waals surface area contributed by atoms with E-state index in [1.165, 1.54) is 33.9 Å². The highest BCUT2D eigenvalue weighted by Gasteiger charge is 2.67. The molecule has 11 heteroatoms. The van der Waals surface area contributed by atoms with E-state index in [9.17, 15) is 27.9 Å². The second kappa shape index (κ2) is 10.0. The van der Waals surface area contributed by atoms with E-state index in [-0.39, 0.29) is 42.3 Å². The Kier molecular flexibility index (Phi) is 6.98. The summed E-state index contributed by atoms with van der Waals surface area (Å²) in [6.07, 6.45) is 3.90. The summed E-state index contributed by atoms with van der Waals surface area (Å²) in [5.74, 6) is -0.640. The van der Waals surface area contributed by atoms with Crippen molar-refractivity contribution < 1.29 is 32.6 Å². The lowest BCUT2D eigenvalue weighted by molar-refractivity contribution is -0.138. The molecule has 1 aromatic carbocycles. The topological polar surface area (TPSA) is 96.7 Å². The van der Waals surface area contributed by atoms with Gasteiger partial charge in [-0.15, -0.1) is 0 Å². The molecule has 39 heavy (non-hydrogen) atoms. The number of nitrogens with zero attached hydrogens (tertiary/aromatic N) is 3. The van der Waals surface area contributed by atoms with E-state index in [1.54, 1.807) is 26.1 Å². The van der Waals surface area contributed by atoms with Gasteiger partial charge in [0.25, 0.3) is 11.8 Å². The molecular formula is C28H33F3N4O4. The molecule has 2 fully saturated rings. The van der Waals surface area contributed by atoms with Gasteiger partial charge in [0.2, 0.25) is 0 Å². The Bertz CT molecular complexity index is 1280. The number of carbonyl (C=O) groups excluding carboxylic acids is 2. The predicted molar refractivity (Wildman–Crippen MR) is 136 cm³/mol. The molecule has 1 aromatic heterocycles. The number of alkyl halides is 3. The summed E-state index contributed by atoms with van der Waals surface area (Å²) in [5, 5.41) is 17.3. The Morgan fingerprint density at radius 1 is 1.18 bits per heavy atom. The summed E-state index contributed by atoms with van der Waals surface area (Å²) in [6.45, 7) is 3.43. The van der Waals surface area contributed by atoms with E-state index in [0.717, 1.165) is 38.2 Å². The number of rotatable bonds is 8. The molecule has 0 saturated heterocycles. The maximum Gasteiger partial charge on any atom is 0.419 e. The summed E-state index contributed by atoms with van der Waals surface area (Å²) in [4.78, 5) is 28.5. The van der Waals surface area contributed by atoms with Gasteiger partial charge in [0, 0.05) is 18.3 Å². The number of nitrogens with one attached hydrogen (secondary N) is 1. The molecule has 5 rings (SSSR count). The average molecular weight is 547 g/mol. The predicted octanol–water partition coefficient (Wildman–Crippen LogP) is 4.76. The van der Waals surface area contributed by atoms with Gasteiger partial charge >= 0.3 is 6.18 Å². The second-order valence-electron chi connectivity index (χ2n) is 11.4. The first-order valence-electron chi connectivity index (χ1n) is 13.3. The monoisotopic (exact) mass is 546 g/mol. The third kappa shape index (κ3) is 5.68. The molecule has 0 spiro atoms. The third-order valence-corrected chi connectivity index (χ3v) is 7.81. The smallest absolute Gasteiger partial charge is 0.419 e. The number of halogens is 3. The van der Waals surface area contributed by atoms with Crippen LogP contribution < -0.4 is 10.1 Å². The molecule has 3 aliphatic rings. The minimum Gasteiger partial charge on any atom is -0.459 e. The van der Waals surface area contributed by atoms with E-state index in [1.807, 2.05) is 0 Å². The number of benzene rings is 1. The first kappa shape index (κ1) is 27.2. The Balaban J connectivity index is 1.36. The first-order valence-corrected chi connectivity index (χ1v) is 13.3. The standard InChI is InChI=1S/C28H33F3N4O4/c1-26(2,38)17-34-13-12-23(33-34)32-25(37)27(15-21(27)18-8-4-3-5-9-18)35-16-19(14-24(35)36)39-22-11-7-6-10-20(22)28(29,30)31/h6-7,10-14,18,21,38H,3-5,8-9,15-17H2,1-2H3,(H,32,33,37)/t21?,27-/m1/s1. The minimum absolute atomic E-state index is 0.0598. The lowest BCUT2D eigenvalue weighted by atomic mass is 9.84. The molecule has 2 saturated carbocycles. The van der Waals surface area contributed by atoms with Gasteiger partial charge in [0.1, 0.15) is 17.0 Å². The quantitative estimate of drug-likeness (QED) is 0.498. The molecule has 2 amide bonds. The Morgan fingerprint density at radius 3 is 2.59 bits per heavy atom. The Morgan fingerprint density at radius 2 is 1.90 bits per heavy atom. The van der Waals surface area contributed by atoms with Crippen LogP contribution in [-0.2, 0) is 22.3 Å². The van der Waals surface area contributed by atoms with Crippen LogP contribution in [0.4, 0.5) is 19.0 Å². The number of carbonyl (C=O) groups is 2. The second-order valence-corrected chi connectivity index (χ2v) is 11.4. The number of hydrogen-bond donors (Lipinski definition) is 2. The molecule has 2 aliphatic carbocycles. The molecule has 2 atom stereocenters. The van der Waals surface area contributed by atoms with Gasteiger partial charge in [-0.2, -0.15) is 18.3 Å². The first-order chi connectivity index (χ1) is 18.4. The molecule has 1 unspecified atom stereocenters. The fraction of sp³-hybridized carbons (Fsp3) is 0.536. The number of amides is 2. The normalized spacial score (nSPS) is 24.1. The summed E-state index contributed by atoms with van der Waals surface area (Å²) in [5.41, 5.74) is -3.06. The van der Waals surface area contributed by atoms with Crippen LogP contribution in [-0.4, -0.2) is 49.3 Å². The lowest BCUT2D eigenvalue weighted by Gasteiger charge is -2.31. The maximum absolute atomic E-state index is 13.8. The number of para-hydroxylation sites is 1. The Hall–Kier alpha value is -3.34. The van der Waals surface area contributed by atoms with Crippen molar-refractivity contribution in [3.8, 4) is 5.75 Å². The van der Waals surface area contributed by atoms with Crippen molar-refractivity contribution in [3.05, 3.63) is 53.9 Å². The van der Waals surface area contributed by atoms with Crippen LogP contribution in [0.2, 0.25) is 0 Å². The molecule has 2 aromatic rings. The molecule has 0 radical (unpaired) electrons. The summed E-state index contributed by atoms with van der Waals surface area (Å²) >= 11 is 0. The van der Waals surface area contributed by atoms with Crippen molar-refractivity contribution >= 4 is 17.6 Å². The van der Waals surface area contributed by atoms with Crippen LogP contribution in [0.5, 0.6) is 5.75 Å². The van der Waals surface area contributed by atoms with Gasteiger partial charge < -0.3 is 20.1 Å². The van der Waals surface area contributed by atoms with Gasteiger partial charge in [-0.05, 0) is 44.2 Å². The zero-order valence-corrected chi connectivity index (χ0v) is 22.0. The maximum atomic E-state index is 13.8. The summed E-state index contributed by atoms with van der Waals surface area (Å²) < 4.78 is 47.6. The third-order valence-electron chi connectivity index (χ3n) is 7.81. The molecule has 0 bridgehead atoms. The number of ether oxygens (including phenoxy) is 1. The highest BCUT2D eigenvalue weighted by molar-refractivity contribution is 6.05. The van der Waals surface area contributed by atoms with Gasteiger partial charge in [-0.25, -0.2) is 0 Å². The van der Waals surface area contributed by atoms with E-state index in [0.29, 0.717) is 12.2 Å². The van der Waals surface area contributed by atoms with E-state index < -0.39 is 28.8 Å². The van der Waals surface area contributed by atoms with Crippen molar-refractivity contribution in [2.24, 2.45) is 11.8 Å². The molecule has 1 aliphatic heterocycles. The molecule has 8 nitrogen and oxygen atoms in total. The van der Waals surface area contributed by atoms with E-state index in [2.05, 4.69) is 10.4 Å². The average Bonchev–Trinajstić information content (AvgIpc) is 3.31. The highest BCUT2D eigenvalue weighted by atomic mass is 19.4. The zero-order valence-electron chi connectivity index (χ0n) is 22.0. The molecule has 210 valence electrons. The number of aromatic nitrogens is 2. The molecule has 2 heterocycles. The van der Waals surface area contributed by atoms with Crippen molar-refractivity contribution in [2.75, 3.05) is 11.9 Å². The lowest BCUT2D eigenvalue weighted by Crippen LogP contribution is -2.50. The number of hydrogen-bond acceptors (Lipinski definition) is 5. The van der Waals surface area contributed by atoms with Crippen LogP contribution in [0.15, 0.2) is 48.4 Å². The largest absolute Gasteiger partial charge is 0.459 e. The van der Waals surface area contributed by atoms with Gasteiger partial charge in [-0.3, -0.25) is 14.3 Å². The molecule has 2 N–H and O–H groups in total. The number of anilines is 1. The van der Waals surface area contributed by atoms with Crippen LogP contribution in [0.1, 0.15) is 57.9 Å². The van der Waals surface area contributed by atoms with E-state index in [4.69, 9.17) is 4.74 Å². The zero-order chi connectivity index (χ0) is 28.0. The summed E-state index contributed by atoms with van der Waals surface area (Å²) in [7, 11) is 0. The highest BCUT2D eigenvalue weighted by Crippen LogP contribution is 2.57. The van der Waals surface area contributed by atoms with E-state index >= 15 is 0 Å². The molecular weight excluding hydrogens is 513 g/mol. The fourth-order valence-electron chi connectivity index (χ4n) is 6.03. The van der Waals surface area contributed by atoms with Crippen molar-refractivity contribution in [1.82, 2.24) is 14.7 Å².